The first kappa shape index (κ1) is 15.0. The van der Waals surface area contributed by atoms with Crippen molar-refractivity contribution in [3.8, 4) is 11.8 Å². The highest BCUT2D eigenvalue weighted by molar-refractivity contribution is 5.82. The Balaban J connectivity index is 1.51. The van der Waals surface area contributed by atoms with Gasteiger partial charge >= 0.3 is 0 Å². The molecule has 1 heteroatoms. The minimum absolute atomic E-state index is 0.372. The summed E-state index contributed by atoms with van der Waals surface area (Å²) >= 11 is 0. The molecule has 24 heavy (non-hydrogen) atoms. The Morgan fingerprint density at radius 2 is 1.67 bits per heavy atom. The van der Waals surface area contributed by atoms with Gasteiger partial charge in [-0.2, -0.15) is 0 Å². The first-order valence-corrected chi connectivity index (χ1v) is 8.67. The van der Waals surface area contributed by atoms with E-state index in [0.29, 0.717) is 6.04 Å². The predicted octanol–water partition coefficient (Wildman–Crippen LogP) is 4.86. The molecule has 1 nitrogen and oxygen atoms in total. The maximum atomic E-state index is 3.48. The minimum Gasteiger partial charge on any atom is -0.285 e. The summed E-state index contributed by atoms with van der Waals surface area (Å²) in [6, 6.07) is 26.0. The van der Waals surface area contributed by atoms with E-state index in [1.54, 1.807) is 0 Å². The van der Waals surface area contributed by atoms with Gasteiger partial charge in [0.15, 0.2) is 0 Å². The van der Waals surface area contributed by atoms with E-state index in [-0.39, 0.29) is 0 Å². The van der Waals surface area contributed by atoms with E-state index in [2.05, 4.69) is 71.3 Å². The van der Waals surface area contributed by atoms with Gasteiger partial charge < -0.3 is 0 Å². The average Bonchev–Trinajstić information content (AvgIpc) is 3.08. The SMILES string of the molecule is C(#CC1CCCN1Cc1ccc2ccccc2c1)c1ccccc1. The van der Waals surface area contributed by atoms with Crippen LogP contribution in [0.25, 0.3) is 10.8 Å². The molecule has 118 valence electrons. The van der Waals surface area contributed by atoms with E-state index in [9.17, 15) is 0 Å². The monoisotopic (exact) mass is 311 g/mol. The van der Waals surface area contributed by atoms with Gasteiger partial charge in [-0.25, -0.2) is 0 Å². The van der Waals surface area contributed by atoms with E-state index in [1.165, 1.54) is 29.2 Å². The number of hydrogen-bond donors (Lipinski definition) is 0. The van der Waals surface area contributed by atoms with E-state index in [0.717, 1.165) is 18.7 Å². The van der Waals surface area contributed by atoms with Crippen LogP contribution in [0, 0.1) is 11.8 Å². The number of rotatable bonds is 2. The van der Waals surface area contributed by atoms with Gasteiger partial charge in [0.25, 0.3) is 0 Å². The number of nitrogens with zero attached hydrogens (tertiary/aromatic N) is 1. The molecule has 1 atom stereocenters. The first-order chi connectivity index (χ1) is 11.9. The van der Waals surface area contributed by atoms with Gasteiger partial charge in [-0.3, -0.25) is 4.90 Å². The van der Waals surface area contributed by atoms with Gasteiger partial charge in [-0.05, 0) is 53.9 Å². The fourth-order valence-electron chi connectivity index (χ4n) is 3.44. The van der Waals surface area contributed by atoms with Crippen LogP contribution in [0.1, 0.15) is 24.0 Å². The van der Waals surface area contributed by atoms with Crippen LogP contribution in [-0.4, -0.2) is 17.5 Å². The molecule has 1 aliphatic heterocycles. The Bertz CT molecular complexity index is 886. The molecule has 1 unspecified atom stereocenters. The van der Waals surface area contributed by atoms with Crippen LogP contribution in [0.4, 0.5) is 0 Å². The third-order valence-electron chi connectivity index (χ3n) is 4.72. The van der Waals surface area contributed by atoms with Gasteiger partial charge in [-0.1, -0.05) is 66.4 Å². The number of fused-ring (bicyclic) bond motifs is 1. The Kier molecular flexibility index (Phi) is 4.32. The van der Waals surface area contributed by atoms with E-state index in [1.807, 2.05) is 18.2 Å². The Morgan fingerprint density at radius 1 is 0.875 bits per heavy atom. The lowest BCUT2D eigenvalue weighted by atomic mass is 10.1. The smallest absolute Gasteiger partial charge is 0.0721 e. The van der Waals surface area contributed by atoms with Crippen LogP contribution < -0.4 is 0 Å². The summed E-state index contributed by atoms with van der Waals surface area (Å²) in [4.78, 5) is 2.51. The Hall–Kier alpha value is -2.56. The number of benzene rings is 3. The standard InChI is InChI=1S/C23H21N/c1-2-7-19(8-3-1)13-15-23-11-6-16-24(23)18-20-12-14-21-9-4-5-10-22(21)17-20/h1-5,7-10,12,14,17,23H,6,11,16,18H2. The van der Waals surface area contributed by atoms with Gasteiger partial charge in [0.1, 0.15) is 0 Å². The van der Waals surface area contributed by atoms with Crippen molar-refractivity contribution < 1.29 is 0 Å². The molecule has 1 aliphatic rings. The second-order valence-electron chi connectivity index (χ2n) is 6.45. The highest BCUT2D eigenvalue weighted by atomic mass is 15.2. The molecule has 0 radical (unpaired) electrons. The molecule has 1 heterocycles. The number of hydrogen-bond acceptors (Lipinski definition) is 1. The van der Waals surface area contributed by atoms with Crippen LogP contribution in [0.2, 0.25) is 0 Å². The average molecular weight is 311 g/mol. The lowest BCUT2D eigenvalue weighted by Gasteiger charge is -2.20. The summed E-state index contributed by atoms with van der Waals surface area (Å²) in [5.41, 5.74) is 2.48. The Morgan fingerprint density at radius 3 is 2.54 bits per heavy atom. The summed E-state index contributed by atoms with van der Waals surface area (Å²) in [5, 5.41) is 2.63. The van der Waals surface area contributed by atoms with Gasteiger partial charge in [0.2, 0.25) is 0 Å². The molecular formula is C23H21N. The van der Waals surface area contributed by atoms with Crippen LogP contribution in [0.3, 0.4) is 0 Å². The fourth-order valence-corrected chi connectivity index (χ4v) is 3.44. The van der Waals surface area contributed by atoms with Crippen molar-refractivity contribution in [2.45, 2.75) is 25.4 Å². The third kappa shape index (κ3) is 3.35. The molecule has 0 aromatic heterocycles. The van der Waals surface area contributed by atoms with Gasteiger partial charge in [0.05, 0.1) is 6.04 Å². The van der Waals surface area contributed by atoms with Gasteiger partial charge in [-0.15, -0.1) is 0 Å². The summed E-state index contributed by atoms with van der Waals surface area (Å²) in [5.74, 6) is 6.82. The van der Waals surface area contributed by atoms with E-state index >= 15 is 0 Å². The molecule has 3 aromatic carbocycles. The molecule has 0 amide bonds. The lowest BCUT2D eigenvalue weighted by molar-refractivity contribution is 0.288. The Labute approximate surface area is 143 Å². The highest BCUT2D eigenvalue weighted by Gasteiger charge is 2.22. The summed E-state index contributed by atoms with van der Waals surface area (Å²) in [6.45, 7) is 2.12. The van der Waals surface area contributed by atoms with Crippen molar-refractivity contribution in [2.24, 2.45) is 0 Å². The predicted molar refractivity (Wildman–Crippen MR) is 101 cm³/mol. The van der Waals surface area contributed by atoms with E-state index < -0.39 is 0 Å². The second-order valence-corrected chi connectivity index (χ2v) is 6.45. The highest BCUT2D eigenvalue weighted by Crippen LogP contribution is 2.22. The molecule has 0 N–H and O–H groups in total. The molecule has 0 bridgehead atoms. The van der Waals surface area contributed by atoms with E-state index in [4.69, 9.17) is 0 Å². The van der Waals surface area contributed by atoms with Crippen LogP contribution in [-0.2, 0) is 6.54 Å². The zero-order valence-corrected chi connectivity index (χ0v) is 13.8. The van der Waals surface area contributed by atoms with Crippen LogP contribution >= 0.6 is 0 Å². The molecule has 4 rings (SSSR count). The van der Waals surface area contributed by atoms with Crippen molar-refractivity contribution >= 4 is 10.8 Å². The summed E-state index contributed by atoms with van der Waals surface area (Å²) in [7, 11) is 0. The summed E-state index contributed by atoms with van der Waals surface area (Å²) in [6.07, 6.45) is 2.41. The quantitative estimate of drug-likeness (QED) is 0.611. The molecule has 0 aliphatic carbocycles. The topological polar surface area (TPSA) is 3.24 Å². The zero-order chi connectivity index (χ0) is 16.2. The van der Waals surface area contributed by atoms with Crippen molar-refractivity contribution in [2.75, 3.05) is 6.54 Å². The lowest BCUT2D eigenvalue weighted by Crippen LogP contribution is -2.27. The third-order valence-corrected chi connectivity index (χ3v) is 4.72. The zero-order valence-electron chi connectivity index (χ0n) is 13.8. The molecule has 3 aromatic rings. The second kappa shape index (κ2) is 6.91. The maximum absolute atomic E-state index is 3.48. The minimum atomic E-state index is 0.372. The van der Waals surface area contributed by atoms with Crippen LogP contribution in [0.15, 0.2) is 72.8 Å². The number of likely N-dealkylation sites (tertiary alicyclic amines) is 1. The molecule has 1 fully saturated rings. The van der Waals surface area contributed by atoms with Crippen molar-refractivity contribution in [3.05, 3.63) is 83.9 Å². The fraction of sp³-hybridized carbons (Fsp3) is 0.217. The van der Waals surface area contributed by atoms with Crippen LogP contribution in [0.5, 0.6) is 0 Å². The molecule has 0 saturated carbocycles. The van der Waals surface area contributed by atoms with Crippen molar-refractivity contribution in [1.82, 2.24) is 4.90 Å². The first-order valence-electron chi connectivity index (χ1n) is 8.67. The normalized spacial score (nSPS) is 17.6. The molecule has 0 spiro atoms. The maximum Gasteiger partial charge on any atom is 0.0721 e. The van der Waals surface area contributed by atoms with Crippen molar-refractivity contribution in [1.29, 1.82) is 0 Å². The largest absolute Gasteiger partial charge is 0.285 e. The van der Waals surface area contributed by atoms with Crippen molar-refractivity contribution in [3.63, 3.8) is 0 Å². The molecular weight excluding hydrogens is 290 g/mol. The summed E-state index contributed by atoms with van der Waals surface area (Å²) < 4.78 is 0. The molecule has 1 saturated heterocycles. The van der Waals surface area contributed by atoms with Gasteiger partial charge in [0, 0.05) is 12.1 Å².